The van der Waals surface area contributed by atoms with E-state index in [0.717, 1.165) is 32.5 Å². The summed E-state index contributed by atoms with van der Waals surface area (Å²) < 4.78 is 5.39. The number of morpholine rings is 1. The molecule has 1 aliphatic heterocycles. The van der Waals surface area contributed by atoms with Crippen molar-refractivity contribution in [3.05, 3.63) is 0 Å². The second-order valence-electron chi connectivity index (χ2n) is 3.17. The SMILES string of the molecule is OC1(C2CNCCO2)CC1. The second kappa shape index (κ2) is 2.19. The number of rotatable bonds is 1. The Kier molecular flexibility index (Phi) is 1.44. The molecule has 10 heavy (non-hydrogen) atoms. The number of ether oxygens (including phenoxy) is 1. The molecule has 0 radical (unpaired) electrons. The summed E-state index contributed by atoms with van der Waals surface area (Å²) in [5.41, 5.74) is -0.465. The van der Waals surface area contributed by atoms with Crippen LogP contribution in [-0.4, -0.2) is 36.5 Å². The van der Waals surface area contributed by atoms with Gasteiger partial charge in [0, 0.05) is 13.1 Å². The molecular formula is C7H13NO2. The molecule has 2 fully saturated rings. The Morgan fingerprint density at radius 3 is 2.80 bits per heavy atom. The molecule has 1 aliphatic carbocycles. The third kappa shape index (κ3) is 1.05. The van der Waals surface area contributed by atoms with E-state index in [-0.39, 0.29) is 6.10 Å². The lowest BCUT2D eigenvalue weighted by Gasteiger charge is -2.27. The summed E-state index contributed by atoms with van der Waals surface area (Å²) in [5, 5.41) is 12.8. The van der Waals surface area contributed by atoms with Crippen LogP contribution in [0.15, 0.2) is 0 Å². The normalized spacial score (nSPS) is 37.5. The molecule has 0 spiro atoms. The molecule has 1 heterocycles. The monoisotopic (exact) mass is 143 g/mol. The van der Waals surface area contributed by atoms with Crippen LogP contribution >= 0.6 is 0 Å². The third-order valence-electron chi connectivity index (χ3n) is 2.29. The number of hydrogen-bond donors (Lipinski definition) is 2. The van der Waals surface area contributed by atoms with E-state index in [4.69, 9.17) is 4.74 Å². The van der Waals surface area contributed by atoms with Crippen molar-refractivity contribution < 1.29 is 9.84 Å². The highest BCUT2D eigenvalue weighted by Gasteiger charge is 2.48. The van der Waals surface area contributed by atoms with Crippen molar-refractivity contribution in [1.29, 1.82) is 0 Å². The number of aliphatic hydroxyl groups is 1. The van der Waals surface area contributed by atoms with E-state index in [2.05, 4.69) is 5.32 Å². The summed E-state index contributed by atoms with van der Waals surface area (Å²) in [6.07, 6.45) is 1.89. The molecule has 2 rings (SSSR count). The van der Waals surface area contributed by atoms with Crippen molar-refractivity contribution in [3.63, 3.8) is 0 Å². The molecule has 2 N–H and O–H groups in total. The largest absolute Gasteiger partial charge is 0.387 e. The number of nitrogens with one attached hydrogen (secondary N) is 1. The van der Waals surface area contributed by atoms with E-state index in [0.29, 0.717) is 0 Å². The lowest BCUT2D eigenvalue weighted by Crippen LogP contribution is -2.46. The molecule has 3 heteroatoms. The molecule has 0 aromatic carbocycles. The first kappa shape index (κ1) is 6.58. The Morgan fingerprint density at radius 1 is 1.50 bits per heavy atom. The zero-order valence-corrected chi connectivity index (χ0v) is 5.97. The smallest absolute Gasteiger partial charge is 0.0986 e. The molecule has 0 bridgehead atoms. The van der Waals surface area contributed by atoms with E-state index in [1.54, 1.807) is 0 Å². The van der Waals surface area contributed by atoms with Gasteiger partial charge in [-0.2, -0.15) is 0 Å². The minimum atomic E-state index is -0.465. The van der Waals surface area contributed by atoms with Crippen molar-refractivity contribution in [2.45, 2.75) is 24.5 Å². The highest BCUT2D eigenvalue weighted by molar-refractivity contribution is 5.02. The molecule has 1 unspecified atom stereocenters. The molecular weight excluding hydrogens is 130 g/mol. The Morgan fingerprint density at radius 2 is 2.30 bits per heavy atom. The van der Waals surface area contributed by atoms with E-state index >= 15 is 0 Å². The van der Waals surface area contributed by atoms with Crippen molar-refractivity contribution in [2.75, 3.05) is 19.7 Å². The molecule has 0 amide bonds. The lowest BCUT2D eigenvalue weighted by molar-refractivity contribution is -0.0660. The molecule has 1 saturated carbocycles. The maximum absolute atomic E-state index is 9.59. The van der Waals surface area contributed by atoms with Gasteiger partial charge in [0.1, 0.15) is 0 Å². The topological polar surface area (TPSA) is 41.5 Å². The van der Waals surface area contributed by atoms with Gasteiger partial charge in [0.15, 0.2) is 0 Å². The van der Waals surface area contributed by atoms with Crippen LogP contribution in [-0.2, 0) is 4.74 Å². The summed E-state index contributed by atoms with van der Waals surface area (Å²) in [4.78, 5) is 0. The van der Waals surface area contributed by atoms with Crippen molar-refractivity contribution in [2.24, 2.45) is 0 Å². The molecule has 1 saturated heterocycles. The average Bonchev–Trinajstić information content (AvgIpc) is 2.72. The molecule has 2 aliphatic rings. The first-order valence-electron chi connectivity index (χ1n) is 3.86. The first-order valence-corrected chi connectivity index (χ1v) is 3.86. The third-order valence-corrected chi connectivity index (χ3v) is 2.29. The van der Waals surface area contributed by atoms with E-state index in [1.807, 2.05) is 0 Å². The van der Waals surface area contributed by atoms with Gasteiger partial charge in [-0.3, -0.25) is 0 Å². The zero-order valence-electron chi connectivity index (χ0n) is 5.97. The van der Waals surface area contributed by atoms with Gasteiger partial charge in [0.25, 0.3) is 0 Å². The summed E-state index contributed by atoms with van der Waals surface area (Å²) in [5.74, 6) is 0. The standard InChI is InChI=1S/C7H13NO2/c9-7(1-2-7)6-5-8-3-4-10-6/h6,8-9H,1-5H2. The van der Waals surface area contributed by atoms with Crippen LogP contribution in [0.1, 0.15) is 12.8 Å². The van der Waals surface area contributed by atoms with Gasteiger partial charge in [-0.15, -0.1) is 0 Å². The Bertz CT molecular complexity index is 128. The molecule has 3 nitrogen and oxygen atoms in total. The second-order valence-corrected chi connectivity index (χ2v) is 3.17. The minimum Gasteiger partial charge on any atom is -0.387 e. The van der Waals surface area contributed by atoms with E-state index in [9.17, 15) is 5.11 Å². The number of hydrogen-bond acceptors (Lipinski definition) is 3. The fraction of sp³-hybridized carbons (Fsp3) is 1.00. The van der Waals surface area contributed by atoms with Crippen LogP contribution < -0.4 is 5.32 Å². The van der Waals surface area contributed by atoms with Crippen LogP contribution in [0, 0.1) is 0 Å². The maximum atomic E-state index is 9.59. The molecule has 0 aromatic heterocycles. The quantitative estimate of drug-likeness (QED) is 0.520. The zero-order chi connectivity index (χ0) is 7.03. The fourth-order valence-electron chi connectivity index (χ4n) is 1.36. The van der Waals surface area contributed by atoms with Gasteiger partial charge in [-0.25, -0.2) is 0 Å². The first-order chi connectivity index (χ1) is 4.81. The van der Waals surface area contributed by atoms with Gasteiger partial charge in [-0.05, 0) is 12.8 Å². The summed E-state index contributed by atoms with van der Waals surface area (Å²) in [6.45, 7) is 2.48. The lowest BCUT2D eigenvalue weighted by atomic mass is 10.1. The maximum Gasteiger partial charge on any atom is 0.0986 e. The van der Waals surface area contributed by atoms with Gasteiger partial charge in [0.2, 0.25) is 0 Å². The molecule has 0 aromatic rings. The highest BCUT2D eigenvalue weighted by atomic mass is 16.5. The van der Waals surface area contributed by atoms with Gasteiger partial charge in [-0.1, -0.05) is 0 Å². The molecule has 58 valence electrons. The summed E-state index contributed by atoms with van der Waals surface area (Å²) in [7, 11) is 0. The summed E-state index contributed by atoms with van der Waals surface area (Å²) >= 11 is 0. The van der Waals surface area contributed by atoms with Crippen LogP contribution in [0.3, 0.4) is 0 Å². The predicted octanol–water partition coefficient (Wildman–Crippen LogP) is -0.500. The predicted molar refractivity (Wildman–Crippen MR) is 36.8 cm³/mol. The van der Waals surface area contributed by atoms with Crippen molar-refractivity contribution >= 4 is 0 Å². The van der Waals surface area contributed by atoms with Crippen molar-refractivity contribution in [1.82, 2.24) is 5.32 Å². The van der Waals surface area contributed by atoms with Gasteiger partial charge < -0.3 is 15.2 Å². The minimum absolute atomic E-state index is 0.0567. The van der Waals surface area contributed by atoms with Crippen LogP contribution in [0.25, 0.3) is 0 Å². The fourth-order valence-corrected chi connectivity index (χ4v) is 1.36. The summed E-state index contributed by atoms with van der Waals surface area (Å²) in [6, 6.07) is 0. The van der Waals surface area contributed by atoms with Crippen LogP contribution in [0.2, 0.25) is 0 Å². The Balaban J connectivity index is 1.91. The molecule has 1 atom stereocenters. The van der Waals surface area contributed by atoms with E-state index < -0.39 is 5.60 Å². The highest BCUT2D eigenvalue weighted by Crippen LogP contribution is 2.39. The Labute approximate surface area is 60.4 Å². The van der Waals surface area contributed by atoms with Crippen LogP contribution in [0.4, 0.5) is 0 Å². The van der Waals surface area contributed by atoms with Crippen LogP contribution in [0.5, 0.6) is 0 Å². The van der Waals surface area contributed by atoms with Gasteiger partial charge in [0.05, 0.1) is 18.3 Å². The van der Waals surface area contributed by atoms with Crippen molar-refractivity contribution in [3.8, 4) is 0 Å². The van der Waals surface area contributed by atoms with Gasteiger partial charge >= 0.3 is 0 Å². The Hall–Kier alpha value is -0.120. The van der Waals surface area contributed by atoms with E-state index in [1.165, 1.54) is 0 Å². The average molecular weight is 143 g/mol.